The maximum atomic E-state index is 12.9. The molecule has 1 aromatic heterocycles. The molecule has 4 nitrogen and oxygen atoms in total. The van der Waals surface area contributed by atoms with Crippen molar-refractivity contribution in [1.82, 2.24) is 10.0 Å². The first kappa shape index (κ1) is 15.7. The number of sulfonamides is 1. The number of halogens is 3. The number of aryl methyl sites for hydroxylation is 1. The number of hydrogen-bond acceptors (Lipinski definition) is 4. The van der Waals surface area contributed by atoms with Crippen molar-refractivity contribution in [3.63, 3.8) is 0 Å². The van der Waals surface area contributed by atoms with Crippen LogP contribution in [0.25, 0.3) is 0 Å². The molecule has 0 amide bonds. The van der Waals surface area contributed by atoms with Gasteiger partial charge in [-0.3, -0.25) is 0 Å². The highest BCUT2D eigenvalue weighted by molar-refractivity contribution is 7.89. The lowest BCUT2D eigenvalue weighted by Gasteiger charge is -2.21. The molecule has 0 atom stereocenters. The minimum atomic E-state index is -4.56. The molecule has 0 radical (unpaired) electrons. The zero-order chi connectivity index (χ0) is 15.2. The van der Waals surface area contributed by atoms with Crippen molar-refractivity contribution < 1.29 is 21.6 Å². The first-order valence-corrected chi connectivity index (χ1v) is 8.31. The van der Waals surface area contributed by atoms with Crippen LogP contribution in [0, 0.1) is 6.92 Å². The quantitative estimate of drug-likeness (QED) is 0.871. The highest BCUT2D eigenvalue weighted by Crippen LogP contribution is 2.50. The number of nitrogens with one attached hydrogen (secondary N) is 2. The fraction of sp³-hybridized carbons (Fsp3) is 0.636. The fourth-order valence-electron chi connectivity index (χ4n) is 2.01. The summed E-state index contributed by atoms with van der Waals surface area (Å²) < 4.78 is 65.1. The van der Waals surface area contributed by atoms with Crippen molar-refractivity contribution in [3.05, 3.63) is 15.8 Å². The Morgan fingerprint density at radius 3 is 2.45 bits per heavy atom. The van der Waals surface area contributed by atoms with E-state index in [-0.39, 0.29) is 17.7 Å². The predicted octanol–water partition coefficient (Wildman–Crippen LogP) is 2.15. The molecular formula is C11H15F3N2O2S2. The zero-order valence-electron chi connectivity index (χ0n) is 11.0. The van der Waals surface area contributed by atoms with Gasteiger partial charge < -0.3 is 5.32 Å². The van der Waals surface area contributed by atoms with E-state index < -0.39 is 21.7 Å². The van der Waals surface area contributed by atoms with Gasteiger partial charge in [-0.05, 0) is 37.8 Å². The van der Waals surface area contributed by atoms with Gasteiger partial charge in [0, 0.05) is 11.4 Å². The third kappa shape index (κ3) is 2.72. The van der Waals surface area contributed by atoms with E-state index in [2.05, 4.69) is 5.32 Å². The third-order valence-corrected chi connectivity index (χ3v) is 6.22. The van der Waals surface area contributed by atoms with Gasteiger partial charge in [0.05, 0.1) is 0 Å². The second kappa shape index (κ2) is 4.97. The maximum Gasteiger partial charge on any atom is 0.407 e. The Bertz CT molecular complexity index is 604. The van der Waals surface area contributed by atoms with Crippen molar-refractivity contribution in [2.24, 2.45) is 0 Å². The molecule has 1 aliphatic rings. The van der Waals surface area contributed by atoms with Crippen LogP contribution >= 0.6 is 11.3 Å². The fourth-order valence-corrected chi connectivity index (χ4v) is 5.28. The van der Waals surface area contributed by atoms with Crippen LogP contribution in [-0.2, 0) is 16.6 Å². The van der Waals surface area contributed by atoms with Crippen LogP contribution < -0.4 is 10.0 Å². The minimum Gasteiger partial charge on any atom is -0.315 e. The first-order valence-electron chi connectivity index (χ1n) is 5.95. The van der Waals surface area contributed by atoms with Crippen LogP contribution in [0.4, 0.5) is 13.2 Å². The number of thiophene rings is 1. The van der Waals surface area contributed by atoms with E-state index in [1.54, 1.807) is 19.4 Å². The van der Waals surface area contributed by atoms with Gasteiger partial charge in [0.15, 0.2) is 0 Å². The Morgan fingerprint density at radius 2 is 2.00 bits per heavy atom. The van der Waals surface area contributed by atoms with Crippen LogP contribution in [-0.4, -0.2) is 27.2 Å². The van der Waals surface area contributed by atoms with Gasteiger partial charge in [0.1, 0.15) is 10.4 Å². The van der Waals surface area contributed by atoms with Gasteiger partial charge in [-0.1, -0.05) is 0 Å². The van der Waals surface area contributed by atoms with Gasteiger partial charge in [0.25, 0.3) is 0 Å². The van der Waals surface area contributed by atoms with Gasteiger partial charge in [-0.15, -0.1) is 11.3 Å². The van der Waals surface area contributed by atoms with Crippen molar-refractivity contribution in [2.45, 2.75) is 42.9 Å². The Morgan fingerprint density at radius 1 is 1.40 bits per heavy atom. The lowest BCUT2D eigenvalue weighted by atomic mass is 10.3. The maximum absolute atomic E-state index is 12.9. The summed E-state index contributed by atoms with van der Waals surface area (Å²) in [7, 11) is -2.53. The zero-order valence-corrected chi connectivity index (χ0v) is 12.6. The van der Waals surface area contributed by atoms with Crippen LogP contribution in [0.1, 0.15) is 23.3 Å². The molecule has 114 valence electrons. The summed E-state index contributed by atoms with van der Waals surface area (Å²) in [6.45, 7) is 1.88. The van der Waals surface area contributed by atoms with Crippen LogP contribution in [0.5, 0.6) is 0 Å². The molecule has 0 unspecified atom stereocenters. The molecule has 1 aromatic rings. The van der Waals surface area contributed by atoms with E-state index in [9.17, 15) is 21.6 Å². The Labute approximate surface area is 119 Å². The summed E-state index contributed by atoms with van der Waals surface area (Å²) in [5, 5.41) is 4.45. The van der Waals surface area contributed by atoms with Crippen molar-refractivity contribution in [3.8, 4) is 0 Å². The van der Waals surface area contributed by atoms with E-state index in [0.29, 0.717) is 17.0 Å². The third-order valence-electron chi connectivity index (χ3n) is 3.22. The molecule has 20 heavy (non-hydrogen) atoms. The summed E-state index contributed by atoms with van der Waals surface area (Å²) in [5.74, 6) is 0. The lowest BCUT2D eigenvalue weighted by molar-refractivity contribution is -0.160. The molecule has 2 N–H and O–H groups in total. The van der Waals surface area contributed by atoms with Gasteiger partial charge in [-0.2, -0.15) is 17.9 Å². The number of rotatable bonds is 5. The molecule has 0 spiro atoms. The van der Waals surface area contributed by atoms with Gasteiger partial charge in [0.2, 0.25) is 10.0 Å². The highest BCUT2D eigenvalue weighted by atomic mass is 32.2. The second-order valence-electron chi connectivity index (χ2n) is 4.89. The van der Waals surface area contributed by atoms with E-state index in [1.165, 1.54) is 11.3 Å². The van der Waals surface area contributed by atoms with Crippen molar-refractivity contribution >= 4 is 21.4 Å². The van der Waals surface area contributed by atoms with E-state index in [1.807, 2.05) is 4.72 Å². The molecule has 0 bridgehead atoms. The number of alkyl halides is 3. The summed E-state index contributed by atoms with van der Waals surface area (Å²) >= 11 is 1.22. The van der Waals surface area contributed by atoms with E-state index in [0.717, 1.165) is 0 Å². The normalized spacial score (nSPS) is 18.2. The predicted molar refractivity (Wildman–Crippen MR) is 70.2 cm³/mol. The molecule has 9 heteroatoms. The summed E-state index contributed by atoms with van der Waals surface area (Å²) in [5.41, 5.74) is -1.82. The average Bonchev–Trinajstić information content (AvgIpc) is 2.96. The molecule has 2 rings (SSSR count). The first-order chi connectivity index (χ1) is 9.13. The van der Waals surface area contributed by atoms with Crippen molar-refractivity contribution in [2.75, 3.05) is 7.05 Å². The molecular weight excluding hydrogens is 313 g/mol. The second-order valence-corrected chi connectivity index (χ2v) is 7.47. The molecule has 1 aliphatic carbocycles. The van der Waals surface area contributed by atoms with Crippen molar-refractivity contribution in [1.29, 1.82) is 0 Å². The standard InChI is InChI=1S/C11H15F3N2O2S2/c1-7-6-19-8(5-15-2)9(7)20(17,18)16-10(3-4-10)11(12,13)14/h6,15-16H,3-5H2,1-2H3. The average molecular weight is 328 g/mol. The smallest absolute Gasteiger partial charge is 0.315 e. The van der Waals surface area contributed by atoms with Gasteiger partial charge in [-0.25, -0.2) is 8.42 Å². The molecule has 1 fully saturated rings. The topological polar surface area (TPSA) is 58.2 Å². The minimum absolute atomic E-state index is 0.0348. The molecule has 0 aliphatic heterocycles. The monoisotopic (exact) mass is 328 g/mol. The van der Waals surface area contributed by atoms with Gasteiger partial charge >= 0.3 is 6.18 Å². The lowest BCUT2D eigenvalue weighted by Crippen LogP contribution is -2.47. The molecule has 0 aromatic carbocycles. The summed E-state index contributed by atoms with van der Waals surface area (Å²) in [6.07, 6.45) is -4.98. The molecule has 0 saturated heterocycles. The van der Waals surface area contributed by atoms with E-state index >= 15 is 0 Å². The largest absolute Gasteiger partial charge is 0.407 e. The van der Waals surface area contributed by atoms with E-state index in [4.69, 9.17) is 0 Å². The molecule has 1 heterocycles. The highest BCUT2D eigenvalue weighted by Gasteiger charge is 2.65. The molecule has 1 saturated carbocycles. The Balaban J connectivity index is 2.35. The Hall–Kier alpha value is -0.640. The Kier molecular flexibility index (Phi) is 3.91. The van der Waals surface area contributed by atoms with Crippen LogP contribution in [0.3, 0.4) is 0 Å². The van der Waals surface area contributed by atoms with Crippen LogP contribution in [0.2, 0.25) is 0 Å². The number of hydrogen-bond donors (Lipinski definition) is 2. The summed E-state index contributed by atoms with van der Waals surface area (Å²) in [6, 6.07) is 0. The SMILES string of the molecule is CNCc1scc(C)c1S(=O)(=O)NC1(C(F)(F)F)CC1. The van der Waals surface area contributed by atoms with Crippen LogP contribution in [0.15, 0.2) is 10.3 Å². The summed E-state index contributed by atoms with van der Waals surface area (Å²) in [4.78, 5) is 0.475.